The van der Waals surface area contributed by atoms with Gasteiger partial charge in [-0.25, -0.2) is 0 Å². The second-order valence-electron chi connectivity index (χ2n) is 12.0. The second kappa shape index (κ2) is 11.3. The van der Waals surface area contributed by atoms with E-state index < -0.39 is 39.4 Å². The lowest BCUT2D eigenvalue weighted by Gasteiger charge is -2.40. The molecule has 8 heteroatoms. The molecule has 1 spiro atoms. The van der Waals surface area contributed by atoms with Gasteiger partial charge in [-0.1, -0.05) is 56.3 Å². The molecule has 2 unspecified atom stereocenters. The highest BCUT2D eigenvalue weighted by Gasteiger charge is 2.78. The zero-order valence-electron chi connectivity index (χ0n) is 24.1. The summed E-state index contributed by atoms with van der Waals surface area (Å²) in [7, 11) is 0. The molecule has 0 radical (unpaired) electrons. The molecular formula is C33H40N2O5S. The number of benzene rings is 2. The number of fused-ring (bicyclic) bond motifs is 2. The zero-order valence-corrected chi connectivity index (χ0v) is 24.9. The number of likely N-dealkylation sites (tertiary alicyclic amines) is 1. The van der Waals surface area contributed by atoms with Crippen LogP contribution in [-0.2, 0) is 19.1 Å². The maximum Gasteiger partial charge on any atom is 0.311 e. The Hall–Kier alpha value is -3.10. The average molecular weight is 577 g/mol. The van der Waals surface area contributed by atoms with E-state index in [4.69, 9.17) is 4.74 Å². The number of thioether (sulfide) groups is 1. The largest absolute Gasteiger partial charge is 0.465 e. The molecule has 6 atom stereocenters. The minimum absolute atomic E-state index is 0.0984. The smallest absolute Gasteiger partial charge is 0.311 e. The van der Waals surface area contributed by atoms with E-state index in [-0.39, 0.29) is 37.5 Å². The van der Waals surface area contributed by atoms with E-state index >= 15 is 0 Å². The first-order valence-electron chi connectivity index (χ1n) is 14.5. The van der Waals surface area contributed by atoms with Gasteiger partial charge in [0.1, 0.15) is 6.04 Å². The molecule has 3 aliphatic rings. The number of ether oxygens (including phenoxy) is 1. The van der Waals surface area contributed by atoms with Crippen molar-refractivity contribution >= 4 is 46.0 Å². The third-order valence-corrected chi connectivity index (χ3v) is 11.2. The topological polar surface area (TPSA) is 87.1 Å². The molecule has 3 fully saturated rings. The van der Waals surface area contributed by atoms with Crippen molar-refractivity contribution in [2.24, 2.45) is 17.8 Å². The predicted octanol–water partition coefficient (Wildman–Crippen LogP) is 4.98. The van der Waals surface area contributed by atoms with Crippen molar-refractivity contribution in [3.63, 3.8) is 0 Å². The Morgan fingerprint density at radius 3 is 2.56 bits per heavy atom. The van der Waals surface area contributed by atoms with E-state index in [1.54, 1.807) is 33.7 Å². The fourth-order valence-corrected chi connectivity index (χ4v) is 9.58. The van der Waals surface area contributed by atoms with E-state index in [1.807, 2.05) is 63.2 Å². The normalized spacial score (nSPS) is 29.0. The van der Waals surface area contributed by atoms with Crippen LogP contribution in [0.3, 0.4) is 0 Å². The summed E-state index contributed by atoms with van der Waals surface area (Å²) in [6.45, 7) is 13.7. The number of hydrogen-bond acceptors (Lipinski definition) is 6. The highest BCUT2D eigenvalue weighted by atomic mass is 32.2. The predicted molar refractivity (Wildman–Crippen MR) is 164 cm³/mol. The van der Waals surface area contributed by atoms with Gasteiger partial charge in [-0.3, -0.25) is 14.4 Å². The van der Waals surface area contributed by atoms with Crippen molar-refractivity contribution in [3.05, 3.63) is 67.8 Å². The van der Waals surface area contributed by atoms with Gasteiger partial charge in [0.25, 0.3) is 5.91 Å². The highest BCUT2D eigenvalue weighted by molar-refractivity contribution is 8.02. The number of aliphatic hydroxyl groups excluding tert-OH is 1. The second-order valence-corrected chi connectivity index (χ2v) is 13.9. The van der Waals surface area contributed by atoms with Crippen LogP contribution in [0.2, 0.25) is 0 Å². The number of nitrogens with zero attached hydrogens (tertiary/aromatic N) is 2. The first-order chi connectivity index (χ1) is 19.6. The number of rotatable bonds is 11. The van der Waals surface area contributed by atoms with Gasteiger partial charge in [-0.15, -0.1) is 24.9 Å². The third-order valence-electron chi connectivity index (χ3n) is 9.20. The van der Waals surface area contributed by atoms with Gasteiger partial charge < -0.3 is 19.6 Å². The zero-order chi connectivity index (χ0) is 29.5. The molecule has 0 aliphatic carbocycles. The van der Waals surface area contributed by atoms with Crippen LogP contribution in [0, 0.1) is 17.8 Å². The molecule has 41 heavy (non-hydrogen) atoms. The van der Waals surface area contributed by atoms with Crippen LogP contribution in [0.25, 0.3) is 10.8 Å². The molecular weight excluding hydrogens is 536 g/mol. The van der Waals surface area contributed by atoms with Crippen molar-refractivity contribution in [2.45, 2.75) is 61.6 Å². The molecule has 0 aromatic heterocycles. The van der Waals surface area contributed by atoms with Gasteiger partial charge in [-0.2, -0.15) is 0 Å². The number of esters is 1. The van der Waals surface area contributed by atoms with Gasteiger partial charge in [0.15, 0.2) is 0 Å². The van der Waals surface area contributed by atoms with E-state index in [2.05, 4.69) is 13.2 Å². The van der Waals surface area contributed by atoms with Crippen molar-refractivity contribution in [3.8, 4) is 0 Å². The maximum atomic E-state index is 14.8. The van der Waals surface area contributed by atoms with Gasteiger partial charge in [0.2, 0.25) is 5.91 Å². The van der Waals surface area contributed by atoms with Crippen molar-refractivity contribution < 1.29 is 24.2 Å². The van der Waals surface area contributed by atoms with Gasteiger partial charge in [0, 0.05) is 17.0 Å². The number of hydrogen-bond donors (Lipinski definition) is 1. The van der Waals surface area contributed by atoms with Crippen LogP contribution in [0.4, 0.5) is 5.69 Å². The summed E-state index contributed by atoms with van der Waals surface area (Å²) < 4.78 is 4.33. The Morgan fingerprint density at radius 2 is 1.90 bits per heavy atom. The van der Waals surface area contributed by atoms with E-state index in [0.29, 0.717) is 19.3 Å². The van der Waals surface area contributed by atoms with Crippen LogP contribution in [-0.4, -0.2) is 69.1 Å². The fourth-order valence-electron chi connectivity index (χ4n) is 7.25. The van der Waals surface area contributed by atoms with E-state index in [9.17, 15) is 19.5 Å². The molecule has 2 bridgehead atoms. The Morgan fingerprint density at radius 1 is 1.17 bits per heavy atom. The van der Waals surface area contributed by atoms with Crippen molar-refractivity contribution in [1.82, 2.24) is 4.90 Å². The maximum absolute atomic E-state index is 14.8. The van der Waals surface area contributed by atoms with Crippen molar-refractivity contribution in [1.29, 1.82) is 0 Å². The third kappa shape index (κ3) is 4.69. The molecule has 2 amide bonds. The number of amides is 2. The van der Waals surface area contributed by atoms with E-state index in [1.165, 1.54) is 0 Å². The highest BCUT2D eigenvalue weighted by Crippen LogP contribution is 2.72. The summed E-state index contributed by atoms with van der Waals surface area (Å²) in [5, 5.41) is 12.6. The first kappa shape index (κ1) is 29.4. The van der Waals surface area contributed by atoms with Crippen LogP contribution in [0.5, 0.6) is 0 Å². The summed E-state index contributed by atoms with van der Waals surface area (Å²) in [6, 6.07) is 12.5. The first-order valence-corrected chi connectivity index (χ1v) is 15.3. The summed E-state index contributed by atoms with van der Waals surface area (Å²) in [5.74, 6) is -2.32. The van der Waals surface area contributed by atoms with Crippen LogP contribution >= 0.6 is 11.8 Å². The monoisotopic (exact) mass is 576 g/mol. The average Bonchev–Trinajstić information content (AvgIpc) is 3.52. The Labute approximate surface area is 246 Å². The molecule has 3 saturated heterocycles. The van der Waals surface area contributed by atoms with Gasteiger partial charge >= 0.3 is 5.97 Å². The SMILES string of the molecule is C=CCCOC(=O)[C@@H]1[C@H]2C(=O)N([C@@H](CO)C(C)C)C(C(=O)N(CC=C)c3ccc4ccccc4c3)C23CC[C@@]1(C)S3. The molecule has 3 aliphatic heterocycles. The van der Waals surface area contributed by atoms with E-state index in [0.717, 1.165) is 16.5 Å². The molecule has 218 valence electrons. The molecule has 0 saturated carbocycles. The molecule has 2 aromatic rings. The van der Waals surface area contributed by atoms with Crippen LogP contribution in [0.15, 0.2) is 67.8 Å². The molecule has 3 heterocycles. The van der Waals surface area contributed by atoms with Crippen molar-refractivity contribution in [2.75, 3.05) is 24.7 Å². The lowest BCUT2D eigenvalue weighted by atomic mass is 9.66. The lowest BCUT2D eigenvalue weighted by molar-refractivity contribution is -0.156. The van der Waals surface area contributed by atoms with Crippen LogP contribution in [0.1, 0.15) is 40.0 Å². The molecule has 2 aromatic carbocycles. The number of aliphatic hydroxyl groups is 1. The van der Waals surface area contributed by atoms with Crippen LogP contribution < -0.4 is 4.90 Å². The number of carbonyl (C=O) groups is 3. The molecule has 1 N–H and O–H groups in total. The fraction of sp³-hybridized carbons (Fsp3) is 0.485. The Balaban J connectivity index is 1.61. The summed E-state index contributed by atoms with van der Waals surface area (Å²) in [5.41, 5.74) is 0.718. The minimum atomic E-state index is -0.844. The quantitative estimate of drug-likeness (QED) is 0.231. The molecule has 7 nitrogen and oxygen atoms in total. The van der Waals surface area contributed by atoms with Gasteiger partial charge in [-0.05, 0) is 55.0 Å². The molecule has 5 rings (SSSR count). The minimum Gasteiger partial charge on any atom is -0.465 e. The number of anilines is 1. The lowest BCUT2D eigenvalue weighted by Crippen LogP contribution is -2.58. The summed E-state index contributed by atoms with van der Waals surface area (Å²) in [4.78, 5) is 46.2. The Kier molecular flexibility index (Phi) is 8.09. The summed E-state index contributed by atoms with van der Waals surface area (Å²) in [6.07, 6.45) is 5.24. The Bertz CT molecular complexity index is 1380. The van der Waals surface area contributed by atoms with Gasteiger partial charge in [0.05, 0.1) is 35.8 Å². The number of carbonyl (C=O) groups excluding carboxylic acids is 3. The standard InChI is InChI=1S/C33H40N2O5S/c1-6-8-18-40-31(39)27-26-29(37)35(25(20-36)21(3)4)28(33(26)16-15-32(27,5)41-33)30(38)34(17-7-2)24-14-13-22-11-9-10-12-23(22)19-24/h6-7,9-14,19,21,25-28,36H,1-2,8,15-18,20H2,3-5H3/t25-,26-,27-,28?,32+,33?/m0/s1. The summed E-state index contributed by atoms with van der Waals surface area (Å²) >= 11 is 1.61.